The smallest absolute Gasteiger partial charge is 0.329 e. The van der Waals surface area contributed by atoms with Crippen LogP contribution in [-0.4, -0.2) is 184 Å². The predicted molar refractivity (Wildman–Crippen MR) is 289 cm³/mol. The predicted octanol–water partition coefficient (Wildman–Crippen LogP) is 5.65. The Labute approximate surface area is 458 Å². The van der Waals surface area contributed by atoms with Crippen molar-refractivity contribution in [3.05, 3.63) is 47.6 Å². The Morgan fingerprint density at radius 2 is 1.60 bits per heavy atom. The van der Waals surface area contributed by atoms with Crippen LogP contribution in [0.4, 0.5) is 0 Å². The Balaban J connectivity index is 1.38. The number of hydrogen-bond acceptors (Lipinski definition) is 17. The zero-order chi connectivity index (χ0) is 56.4. The molecule has 4 aliphatic heterocycles. The van der Waals surface area contributed by atoms with Gasteiger partial charge in [-0.25, -0.2) is 4.79 Å². The molecule has 2 bridgehead atoms. The minimum atomic E-state index is -2.45. The van der Waals surface area contributed by atoms with Gasteiger partial charge in [-0.2, -0.15) is 0 Å². The Kier molecular flexibility index (Phi) is 25.8. The lowest BCUT2D eigenvalue weighted by molar-refractivity contribution is -0.265. The second-order valence-electron chi connectivity index (χ2n) is 22.7. The number of cyclic esters (lactones) is 1. The molecule has 0 aromatic carbocycles. The maximum atomic E-state index is 14.6. The molecular formula is C59H93N3O15. The van der Waals surface area contributed by atoms with E-state index in [1.807, 2.05) is 58.1 Å². The van der Waals surface area contributed by atoms with E-state index in [1.165, 1.54) is 12.0 Å². The van der Waals surface area contributed by atoms with Crippen molar-refractivity contribution in [1.29, 1.82) is 0 Å². The molecule has 5 rings (SSSR count). The molecule has 4 fully saturated rings. The van der Waals surface area contributed by atoms with Gasteiger partial charge in [-0.15, -0.1) is 0 Å². The summed E-state index contributed by atoms with van der Waals surface area (Å²) in [7, 11) is 4.54. The number of aliphatic hydroxyl groups excluding tert-OH is 1. The fourth-order valence-electron chi connectivity index (χ4n) is 11.7. The first-order chi connectivity index (χ1) is 36.7. The first-order valence-electron chi connectivity index (χ1n) is 28.4. The molecule has 0 radical (unpaired) electrons. The number of rotatable bonds is 12. The van der Waals surface area contributed by atoms with Crippen molar-refractivity contribution in [3.8, 4) is 0 Å². The largest absolute Gasteiger partial charge is 0.460 e. The number of carbonyl (C=O) groups is 6. The van der Waals surface area contributed by atoms with Gasteiger partial charge in [-0.1, -0.05) is 71.1 Å². The van der Waals surface area contributed by atoms with Crippen molar-refractivity contribution in [2.24, 2.45) is 35.5 Å². The highest BCUT2D eigenvalue weighted by atomic mass is 16.6. The van der Waals surface area contributed by atoms with Crippen LogP contribution in [0.5, 0.6) is 0 Å². The zero-order valence-corrected chi connectivity index (χ0v) is 47.8. The Morgan fingerprint density at radius 3 is 2.30 bits per heavy atom. The summed E-state index contributed by atoms with van der Waals surface area (Å²) >= 11 is 0. The number of allylic oxidation sites excluding steroid dienone is 6. The highest BCUT2D eigenvalue weighted by Gasteiger charge is 2.53. The second kappa shape index (κ2) is 31.1. The van der Waals surface area contributed by atoms with E-state index < -0.39 is 89.8 Å². The fourth-order valence-corrected chi connectivity index (χ4v) is 11.7. The molecular weight excluding hydrogens is 991 g/mol. The number of piperidine rings is 1. The van der Waals surface area contributed by atoms with Crippen molar-refractivity contribution in [2.75, 3.05) is 73.8 Å². The van der Waals surface area contributed by atoms with E-state index in [2.05, 4.69) is 10.2 Å². The molecule has 1 amide bonds. The van der Waals surface area contributed by atoms with Crippen molar-refractivity contribution in [1.82, 2.24) is 15.1 Å². The minimum Gasteiger partial charge on any atom is -0.460 e. The van der Waals surface area contributed by atoms with Crippen LogP contribution < -0.4 is 5.32 Å². The van der Waals surface area contributed by atoms with Gasteiger partial charge < -0.3 is 53.6 Å². The number of Topliss-reactive ketones (excluding diaryl/α,β-unsaturated/α-hetero) is 3. The van der Waals surface area contributed by atoms with E-state index in [0.29, 0.717) is 89.5 Å². The fraction of sp³-hybridized carbons (Fsp3) is 0.763. The summed E-state index contributed by atoms with van der Waals surface area (Å²) < 4.78 is 41.3. The number of nitrogens with zero attached hydrogens (tertiary/aromatic N) is 2. The number of aliphatic hydroxyl groups is 2. The second-order valence-corrected chi connectivity index (χ2v) is 22.7. The van der Waals surface area contributed by atoms with E-state index in [0.717, 1.165) is 25.2 Å². The third kappa shape index (κ3) is 18.3. The summed E-state index contributed by atoms with van der Waals surface area (Å²) in [4.78, 5) is 88.0. The highest BCUT2D eigenvalue weighted by molar-refractivity contribution is 6.39. The summed E-state index contributed by atoms with van der Waals surface area (Å²) in [6.45, 7) is 17.4. The van der Waals surface area contributed by atoms with Crippen molar-refractivity contribution >= 4 is 35.2 Å². The first kappa shape index (κ1) is 63.8. The topological polar surface area (TPSA) is 226 Å². The summed E-state index contributed by atoms with van der Waals surface area (Å²) in [5.41, 5.74) is 1.25. The van der Waals surface area contributed by atoms with Crippen LogP contribution in [-0.2, 0) is 61.9 Å². The number of amides is 1. The normalized spacial score (nSPS) is 37.3. The third-order valence-electron chi connectivity index (χ3n) is 16.7. The maximum absolute atomic E-state index is 14.6. The van der Waals surface area contributed by atoms with Crippen LogP contribution in [0.1, 0.15) is 126 Å². The molecule has 18 heteroatoms. The number of ketones is 3. The number of esters is 2. The van der Waals surface area contributed by atoms with Crippen molar-refractivity contribution < 1.29 is 72.1 Å². The first-order valence-corrected chi connectivity index (χ1v) is 28.4. The maximum Gasteiger partial charge on any atom is 0.329 e. The van der Waals surface area contributed by atoms with Crippen LogP contribution in [0.2, 0.25) is 0 Å². The van der Waals surface area contributed by atoms with Gasteiger partial charge in [0.1, 0.15) is 36.2 Å². The number of hydrogen-bond donors (Lipinski definition) is 3. The summed E-state index contributed by atoms with van der Waals surface area (Å²) in [5, 5.41) is 26.8. The molecule has 77 heavy (non-hydrogen) atoms. The molecule has 18 nitrogen and oxygen atoms in total. The van der Waals surface area contributed by atoms with E-state index in [4.69, 9.17) is 33.2 Å². The van der Waals surface area contributed by atoms with Crippen molar-refractivity contribution in [3.63, 3.8) is 0 Å². The number of morpholine rings is 1. The zero-order valence-electron chi connectivity index (χ0n) is 47.8. The number of ether oxygens (including phenoxy) is 7. The molecule has 1 saturated carbocycles. The van der Waals surface area contributed by atoms with Gasteiger partial charge in [0, 0.05) is 84.6 Å². The third-order valence-corrected chi connectivity index (χ3v) is 16.7. The highest BCUT2D eigenvalue weighted by Crippen LogP contribution is 2.38. The van der Waals surface area contributed by atoms with Crippen LogP contribution in [0, 0.1) is 35.5 Å². The monoisotopic (exact) mass is 1080 g/mol. The SMILES string of the molecule is CO[C@H]1C[C@@H]2CC[C@@H](C)[C@@](O)(O2)C(=O)C(=O)N2CCCC[C@H]2C(=O)O[C@H]([C@H](C)C[C@@H]2CC[C@@H](OC(=O)CNCCN3CCOCC3)[C@H](OC)C2)CC(=O)[C@H](C)/C=C(\C)[C@@H](O)[C@@H](OC)C(=O)[C@H](C)C[C@H](C)/C=C/C=C/C=C/1C. The number of carbonyl (C=O) groups excluding carboxylic acids is 6. The quantitative estimate of drug-likeness (QED) is 0.0929. The van der Waals surface area contributed by atoms with Crippen LogP contribution in [0.25, 0.3) is 0 Å². The number of nitrogens with one attached hydrogen (secondary N) is 1. The van der Waals surface area contributed by atoms with Gasteiger partial charge in [-0.05, 0) is 107 Å². The lowest BCUT2D eigenvalue weighted by atomic mass is 9.78. The summed E-state index contributed by atoms with van der Waals surface area (Å²) in [6.07, 6.45) is 10.9. The van der Waals surface area contributed by atoms with Crippen LogP contribution in [0.3, 0.4) is 0 Å². The van der Waals surface area contributed by atoms with Crippen molar-refractivity contribution in [2.45, 2.75) is 180 Å². The van der Waals surface area contributed by atoms with Crippen LogP contribution in [0.15, 0.2) is 47.6 Å². The summed E-state index contributed by atoms with van der Waals surface area (Å²) in [5.74, 6) is -8.63. The van der Waals surface area contributed by atoms with Gasteiger partial charge in [0.15, 0.2) is 5.78 Å². The Hall–Kier alpha value is -3.98. The average molecular weight is 1080 g/mol. The molecule has 3 saturated heterocycles. The molecule has 0 spiro atoms. The number of fused-ring (bicyclic) bond motifs is 3. The van der Waals surface area contributed by atoms with Gasteiger partial charge in [0.05, 0.1) is 38.1 Å². The van der Waals surface area contributed by atoms with E-state index in [9.17, 15) is 39.0 Å². The molecule has 0 aromatic heterocycles. The molecule has 1 aliphatic carbocycles. The molecule has 15 atom stereocenters. The standard InChI is InChI=1S/C59H93N3O15/c1-37-16-12-11-13-17-38(2)49(71-8)34-45-21-19-43(7)59(70,77-45)56(67)57(68)62-24-15-14-18-46(62)58(69)76-50(35-47(63)39(3)31-42(6)54(66)55(73-10)53(65)41(5)30-37)40(4)32-44-20-22-48(51(33-44)72-9)75-52(64)36-60-23-25-61-26-28-74-29-27-61/h11-13,16-17,31,37,39-41,43-46,48-51,54-55,60,66,70H,14-15,18-30,32-36H2,1-10H3/b13-11+,16-12+,38-17+,42-31+/t37-,39-,40-,41-,43-,44+,45+,46+,48-,49+,50+,51-,54-,55+,59-/m1/s1. The Bertz CT molecular complexity index is 2090. The minimum absolute atomic E-state index is 0.00438. The van der Waals surface area contributed by atoms with Gasteiger partial charge in [0.2, 0.25) is 5.79 Å². The van der Waals surface area contributed by atoms with Crippen LogP contribution >= 0.6 is 0 Å². The van der Waals surface area contributed by atoms with E-state index in [-0.39, 0.29) is 61.4 Å². The molecule has 434 valence electrons. The molecule has 4 heterocycles. The molecule has 3 N–H and O–H groups in total. The lowest BCUT2D eigenvalue weighted by Gasteiger charge is -2.42. The summed E-state index contributed by atoms with van der Waals surface area (Å²) in [6, 6.07) is -1.17. The number of methoxy groups -OCH3 is 3. The molecule has 0 aromatic rings. The van der Waals surface area contributed by atoms with Gasteiger partial charge in [-0.3, -0.25) is 28.9 Å². The molecule has 0 unspecified atom stereocenters. The van der Waals surface area contributed by atoms with Gasteiger partial charge in [0.25, 0.3) is 11.7 Å². The van der Waals surface area contributed by atoms with E-state index >= 15 is 0 Å². The molecule has 5 aliphatic rings. The van der Waals surface area contributed by atoms with Gasteiger partial charge >= 0.3 is 11.9 Å². The van der Waals surface area contributed by atoms with E-state index in [1.54, 1.807) is 41.1 Å². The average Bonchev–Trinajstić information content (AvgIpc) is 3.42. The lowest BCUT2D eigenvalue weighted by Crippen LogP contribution is -2.61. The Morgan fingerprint density at radius 1 is 0.857 bits per heavy atom.